The van der Waals surface area contributed by atoms with Crippen LogP contribution in [-0.4, -0.2) is 39.1 Å². The molecule has 0 saturated carbocycles. The SMILES string of the molecule is CCc1cc(N2CCC(Nc3ncnc4ccc(C)cc34)CC2)ncn1. The molecule has 0 bridgehead atoms. The Balaban J connectivity index is 1.45. The van der Waals surface area contributed by atoms with E-state index in [0.29, 0.717) is 6.04 Å². The van der Waals surface area contributed by atoms with E-state index in [2.05, 4.69) is 68.3 Å². The molecule has 0 amide bonds. The van der Waals surface area contributed by atoms with Crippen LogP contribution in [0.3, 0.4) is 0 Å². The minimum Gasteiger partial charge on any atom is -0.367 e. The van der Waals surface area contributed by atoms with E-state index in [0.717, 1.165) is 60.6 Å². The lowest BCUT2D eigenvalue weighted by Gasteiger charge is -2.33. The van der Waals surface area contributed by atoms with E-state index in [4.69, 9.17) is 0 Å². The van der Waals surface area contributed by atoms with Crippen molar-refractivity contribution in [3.05, 3.63) is 48.2 Å². The number of aryl methyl sites for hydroxylation is 2. The predicted molar refractivity (Wildman–Crippen MR) is 105 cm³/mol. The Morgan fingerprint density at radius 2 is 1.85 bits per heavy atom. The summed E-state index contributed by atoms with van der Waals surface area (Å²) >= 11 is 0. The van der Waals surface area contributed by atoms with Crippen LogP contribution >= 0.6 is 0 Å². The Labute approximate surface area is 153 Å². The zero-order valence-corrected chi connectivity index (χ0v) is 15.3. The molecule has 1 fully saturated rings. The van der Waals surface area contributed by atoms with Gasteiger partial charge in [-0.15, -0.1) is 0 Å². The van der Waals surface area contributed by atoms with E-state index in [1.165, 1.54) is 5.56 Å². The highest BCUT2D eigenvalue weighted by molar-refractivity contribution is 5.89. The fraction of sp³-hybridized carbons (Fsp3) is 0.400. The monoisotopic (exact) mass is 348 g/mol. The minimum atomic E-state index is 0.414. The molecule has 3 heterocycles. The first-order valence-electron chi connectivity index (χ1n) is 9.26. The van der Waals surface area contributed by atoms with Crippen LogP contribution in [0.5, 0.6) is 0 Å². The third kappa shape index (κ3) is 3.45. The molecule has 0 atom stereocenters. The number of benzene rings is 1. The Kier molecular flexibility index (Phi) is 4.65. The van der Waals surface area contributed by atoms with Gasteiger partial charge in [-0.25, -0.2) is 19.9 Å². The van der Waals surface area contributed by atoms with E-state index < -0.39 is 0 Å². The van der Waals surface area contributed by atoms with E-state index >= 15 is 0 Å². The van der Waals surface area contributed by atoms with Gasteiger partial charge in [-0.1, -0.05) is 18.6 Å². The molecule has 0 radical (unpaired) electrons. The molecular formula is C20H24N6. The van der Waals surface area contributed by atoms with E-state index in [1.54, 1.807) is 12.7 Å². The highest BCUT2D eigenvalue weighted by Gasteiger charge is 2.21. The van der Waals surface area contributed by atoms with Crippen LogP contribution in [0.25, 0.3) is 10.9 Å². The van der Waals surface area contributed by atoms with Gasteiger partial charge in [0.2, 0.25) is 0 Å². The third-order valence-electron chi connectivity index (χ3n) is 5.02. The second-order valence-electron chi connectivity index (χ2n) is 6.87. The number of nitrogens with one attached hydrogen (secondary N) is 1. The number of hydrogen-bond acceptors (Lipinski definition) is 6. The summed E-state index contributed by atoms with van der Waals surface area (Å²) in [6.45, 7) is 6.19. The number of anilines is 2. The van der Waals surface area contributed by atoms with Crippen molar-refractivity contribution in [1.29, 1.82) is 0 Å². The van der Waals surface area contributed by atoms with E-state index in [-0.39, 0.29) is 0 Å². The van der Waals surface area contributed by atoms with Crippen LogP contribution in [0.4, 0.5) is 11.6 Å². The lowest BCUT2D eigenvalue weighted by atomic mass is 10.0. The van der Waals surface area contributed by atoms with Crippen molar-refractivity contribution in [3.8, 4) is 0 Å². The Bertz CT molecular complexity index is 902. The van der Waals surface area contributed by atoms with Crippen molar-refractivity contribution in [3.63, 3.8) is 0 Å². The molecule has 3 aromatic rings. The van der Waals surface area contributed by atoms with Crippen molar-refractivity contribution in [2.45, 2.75) is 39.2 Å². The number of piperidine rings is 1. The van der Waals surface area contributed by atoms with Gasteiger partial charge in [0.25, 0.3) is 0 Å². The largest absolute Gasteiger partial charge is 0.367 e. The molecule has 1 aliphatic heterocycles. The topological polar surface area (TPSA) is 66.8 Å². The maximum Gasteiger partial charge on any atom is 0.137 e. The van der Waals surface area contributed by atoms with Gasteiger partial charge >= 0.3 is 0 Å². The first-order chi connectivity index (χ1) is 12.7. The summed E-state index contributed by atoms with van der Waals surface area (Å²) in [5.74, 6) is 1.98. The van der Waals surface area contributed by atoms with E-state index in [1.807, 2.05) is 0 Å². The predicted octanol–water partition coefficient (Wildman–Crippen LogP) is 3.37. The van der Waals surface area contributed by atoms with Gasteiger partial charge in [-0.3, -0.25) is 0 Å². The van der Waals surface area contributed by atoms with E-state index in [9.17, 15) is 0 Å². The minimum absolute atomic E-state index is 0.414. The first kappa shape index (κ1) is 16.7. The Morgan fingerprint density at radius 3 is 2.65 bits per heavy atom. The van der Waals surface area contributed by atoms with Crippen molar-refractivity contribution < 1.29 is 0 Å². The molecule has 1 aliphatic rings. The quantitative estimate of drug-likeness (QED) is 0.780. The number of nitrogens with zero attached hydrogens (tertiary/aromatic N) is 5. The second-order valence-corrected chi connectivity index (χ2v) is 6.87. The maximum absolute atomic E-state index is 4.49. The standard InChI is InChI=1S/C20H24N6/c1-3-15-11-19(23-12-21-15)26-8-6-16(7-9-26)25-20-17-10-14(2)4-5-18(17)22-13-24-20/h4-5,10-13,16H,3,6-9H2,1-2H3,(H,22,24,25). The van der Waals surface area contributed by atoms with Crippen molar-refractivity contribution in [2.24, 2.45) is 0 Å². The van der Waals surface area contributed by atoms with Crippen LogP contribution < -0.4 is 10.2 Å². The molecule has 2 aromatic heterocycles. The zero-order chi connectivity index (χ0) is 17.9. The van der Waals surface area contributed by atoms with Gasteiger partial charge < -0.3 is 10.2 Å². The van der Waals surface area contributed by atoms with Crippen LogP contribution in [0.15, 0.2) is 36.9 Å². The average molecular weight is 348 g/mol. The summed E-state index contributed by atoms with van der Waals surface area (Å²) in [7, 11) is 0. The Morgan fingerprint density at radius 1 is 1.04 bits per heavy atom. The molecule has 6 nitrogen and oxygen atoms in total. The summed E-state index contributed by atoms with van der Waals surface area (Å²) in [5.41, 5.74) is 3.30. The van der Waals surface area contributed by atoms with Gasteiger partial charge in [0, 0.05) is 36.3 Å². The first-order valence-corrected chi connectivity index (χ1v) is 9.26. The summed E-state index contributed by atoms with van der Waals surface area (Å²) in [5, 5.41) is 4.73. The van der Waals surface area contributed by atoms with Crippen LogP contribution in [0.1, 0.15) is 31.0 Å². The zero-order valence-electron chi connectivity index (χ0n) is 15.3. The lowest BCUT2D eigenvalue weighted by Crippen LogP contribution is -2.39. The molecule has 4 rings (SSSR count). The molecule has 0 spiro atoms. The van der Waals surface area contributed by atoms with Crippen molar-refractivity contribution in [1.82, 2.24) is 19.9 Å². The molecule has 26 heavy (non-hydrogen) atoms. The number of aromatic nitrogens is 4. The molecule has 0 unspecified atom stereocenters. The third-order valence-corrected chi connectivity index (χ3v) is 5.02. The molecule has 1 aromatic carbocycles. The normalized spacial score (nSPS) is 15.4. The smallest absolute Gasteiger partial charge is 0.137 e. The molecular weight excluding hydrogens is 324 g/mol. The van der Waals surface area contributed by atoms with Gasteiger partial charge in [-0.05, 0) is 38.3 Å². The van der Waals surface area contributed by atoms with Gasteiger partial charge in [0.05, 0.1) is 5.52 Å². The summed E-state index contributed by atoms with van der Waals surface area (Å²) in [6, 6.07) is 8.82. The number of rotatable bonds is 4. The molecule has 0 aliphatic carbocycles. The van der Waals surface area contributed by atoms with Gasteiger partial charge in [0.15, 0.2) is 0 Å². The summed E-state index contributed by atoms with van der Waals surface area (Å²) < 4.78 is 0. The molecule has 134 valence electrons. The number of hydrogen-bond donors (Lipinski definition) is 1. The van der Waals surface area contributed by atoms with Crippen LogP contribution in [0, 0.1) is 6.92 Å². The van der Waals surface area contributed by atoms with Crippen molar-refractivity contribution >= 4 is 22.5 Å². The summed E-state index contributed by atoms with van der Waals surface area (Å²) in [4.78, 5) is 19.9. The maximum atomic E-state index is 4.49. The molecule has 1 saturated heterocycles. The average Bonchev–Trinajstić information content (AvgIpc) is 2.69. The van der Waals surface area contributed by atoms with Gasteiger partial charge in [0.1, 0.15) is 24.3 Å². The molecule has 1 N–H and O–H groups in total. The lowest BCUT2D eigenvalue weighted by molar-refractivity contribution is 0.522. The molecule has 6 heteroatoms. The highest BCUT2D eigenvalue weighted by Crippen LogP contribution is 2.24. The fourth-order valence-electron chi connectivity index (χ4n) is 3.48. The van der Waals surface area contributed by atoms with Crippen LogP contribution in [0.2, 0.25) is 0 Å². The van der Waals surface area contributed by atoms with Crippen molar-refractivity contribution in [2.75, 3.05) is 23.3 Å². The summed E-state index contributed by atoms with van der Waals surface area (Å²) in [6.07, 6.45) is 6.37. The van der Waals surface area contributed by atoms with Gasteiger partial charge in [-0.2, -0.15) is 0 Å². The second kappa shape index (κ2) is 7.23. The fourth-order valence-corrected chi connectivity index (χ4v) is 3.48. The highest BCUT2D eigenvalue weighted by atomic mass is 15.2. The number of fused-ring (bicyclic) bond motifs is 1. The Hall–Kier alpha value is -2.76. The van der Waals surface area contributed by atoms with Crippen LogP contribution in [-0.2, 0) is 6.42 Å².